The summed E-state index contributed by atoms with van der Waals surface area (Å²) in [6.07, 6.45) is 2.55. The van der Waals surface area contributed by atoms with Crippen LogP contribution in [0, 0.1) is 28.4 Å². The lowest BCUT2D eigenvalue weighted by molar-refractivity contribution is -0.384. The fraction of sp³-hybridized carbons (Fsp3) is 0.0833. The van der Waals surface area contributed by atoms with Crippen molar-refractivity contribution in [2.75, 3.05) is 0 Å². The number of hydrogen-bond donors (Lipinski definition) is 0. The highest BCUT2D eigenvalue weighted by Crippen LogP contribution is 2.27. The predicted octanol–water partition coefficient (Wildman–Crippen LogP) is 2.36. The molecule has 7 nitrogen and oxygen atoms in total. The van der Waals surface area contributed by atoms with Gasteiger partial charge in [0.2, 0.25) is 5.88 Å². The number of rotatable bonds is 3. The third-order valence-electron chi connectivity index (χ3n) is 2.34. The van der Waals surface area contributed by atoms with E-state index in [1.165, 1.54) is 24.5 Å². The zero-order valence-corrected chi connectivity index (χ0v) is 9.90. The largest absolute Gasteiger partial charge is 0.437 e. The molecule has 0 unspecified atom stereocenters. The molecule has 0 aliphatic carbocycles. The molecule has 7 heteroatoms. The molecule has 0 saturated carbocycles. The maximum atomic E-state index is 10.7. The summed E-state index contributed by atoms with van der Waals surface area (Å²) in [7, 11) is 0. The second-order valence-corrected chi connectivity index (χ2v) is 3.66. The maximum Gasteiger partial charge on any atom is 0.273 e. The number of aryl methyl sites for hydroxylation is 1. The third kappa shape index (κ3) is 2.81. The molecule has 2 rings (SSSR count). The van der Waals surface area contributed by atoms with Crippen LogP contribution >= 0.6 is 0 Å². The Morgan fingerprint density at radius 1 is 1.37 bits per heavy atom. The number of nitro groups is 1. The lowest BCUT2D eigenvalue weighted by atomic mass is 10.2. The van der Waals surface area contributed by atoms with Crippen molar-refractivity contribution in [3.8, 4) is 17.7 Å². The van der Waals surface area contributed by atoms with E-state index in [1.807, 2.05) is 6.07 Å². The third-order valence-corrected chi connectivity index (χ3v) is 2.34. The van der Waals surface area contributed by atoms with Crippen molar-refractivity contribution in [3.05, 3.63) is 52.0 Å². The van der Waals surface area contributed by atoms with Gasteiger partial charge in [0.05, 0.1) is 23.4 Å². The topological polar surface area (TPSA) is 102 Å². The average molecular weight is 256 g/mol. The number of aromatic nitrogens is 2. The highest BCUT2D eigenvalue weighted by molar-refractivity contribution is 5.44. The van der Waals surface area contributed by atoms with Gasteiger partial charge in [-0.3, -0.25) is 10.1 Å². The first-order valence-electron chi connectivity index (χ1n) is 5.25. The fourth-order valence-electron chi connectivity index (χ4n) is 1.35. The van der Waals surface area contributed by atoms with Gasteiger partial charge >= 0.3 is 0 Å². The Labute approximate surface area is 108 Å². The van der Waals surface area contributed by atoms with Gasteiger partial charge < -0.3 is 4.74 Å². The highest BCUT2D eigenvalue weighted by Gasteiger charge is 2.11. The van der Waals surface area contributed by atoms with E-state index in [0.717, 1.165) is 5.56 Å². The van der Waals surface area contributed by atoms with Crippen LogP contribution in [0.4, 0.5) is 5.69 Å². The van der Waals surface area contributed by atoms with Crippen LogP contribution in [0.25, 0.3) is 0 Å². The first-order chi connectivity index (χ1) is 9.10. The molecule has 1 aromatic carbocycles. The number of nitro benzene ring substituents is 1. The SMILES string of the molecule is Cc1ccc([N+](=O)[O-])cc1Oc1cnc(C#N)cn1. The van der Waals surface area contributed by atoms with Crippen LogP contribution in [-0.4, -0.2) is 14.9 Å². The van der Waals surface area contributed by atoms with Crippen molar-refractivity contribution < 1.29 is 9.66 Å². The summed E-state index contributed by atoms with van der Waals surface area (Å²) in [5.74, 6) is 0.496. The molecule has 2 aromatic rings. The van der Waals surface area contributed by atoms with E-state index in [4.69, 9.17) is 10.00 Å². The summed E-state index contributed by atoms with van der Waals surface area (Å²) in [5, 5.41) is 19.3. The molecule has 0 aliphatic rings. The molecule has 0 saturated heterocycles. The summed E-state index contributed by atoms with van der Waals surface area (Å²) in [4.78, 5) is 17.9. The predicted molar refractivity (Wildman–Crippen MR) is 64.7 cm³/mol. The zero-order chi connectivity index (χ0) is 13.8. The number of nitriles is 1. The lowest BCUT2D eigenvalue weighted by Crippen LogP contribution is -1.94. The van der Waals surface area contributed by atoms with Gasteiger partial charge in [-0.05, 0) is 18.6 Å². The molecular formula is C12H8N4O3. The molecular weight excluding hydrogens is 248 g/mol. The van der Waals surface area contributed by atoms with E-state index >= 15 is 0 Å². The molecule has 0 bridgehead atoms. The van der Waals surface area contributed by atoms with Crippen LogP contribution < -0.4 is 4.74 Å². The number of hydrogen-bond acceptors (Lipinski definition) is 6. The summed E-state index contributed by atoms with van der Waals surface area (Å²) in [6.45, 7) is 1.76. The summed E-state index contributed by atoms with van der Waals surface area (Å²) < 4.78 is 5.41. The minimum atomic E-state index is -0.503. The molecule has 0 atom stereocenters. The molecule has 0 amide bonds. The monoisotopic (exact) mass is 256 g/mol. The minimum absolute atomic E-state index is 0.0674. The van der Waals surface area contributed by atoms with E-state index in [-0.39, 0.29) is 17.3 Å². The maximum absolute atomic E-state index is 10.7. The number of benzene rings is 1. The van der Waals surface area contributed by atoms with E-state index in [0.29, 0.717) is 5.75 Å². The van der Waals surface area contributed by atoms with Crippen molar-refractivity contribution in [3.63, 3.8) is 0 Å². The summed E-state index contributed by atoms with van der Waals surface area (Å²) >= 11 is 0. The van der Waals surface area contributed by atoms with E-state index in [9.17, 15) is 10.1 Å². The normalized spacial score (nSPS) is 9.68. The lowest BCUT2D eigenvalue weighted by Gasteiger charge is -2.06. The number of ether oxygens (including phenoxy) is 1. The Morgan fingerprint density at radius 2 is 2.16 bits per heavy atom. The van der Waals surface area contributed by atoms with Crippen molar-refractivity contribution in [1.82, 2.24) is 9.97 Å². The van der Waals surface area contributed by atoms with Gasteiger partial charge in [0.1, 0.15) is 11.8 Å². The Kier molecular flexibility index (Phi) is 3.34. The van der Waals surface area contributed by atoms with E-state index in [2.05, 4.69) is 9.97 Å². The van der Waals surface area contributed by atoms with Crippen molar-refractivity contribution in [2.24, 2.45) is 0 Å². The van der Waals surface area contributed by atoms with E-state index < -0.39 is 4.92 Å². The Hall–Kier alpha value is -3.01. The van der Waals surface area contributed by atoms with Crippen molar-refractivity contribution >= 4 is 5.69 Å². The van der Waals surface area contributed by atoms with Gasteiger partial charge in [0, 0.05) is 6.07 Å². The minimum Gasteiger partial charge on any atom is -0.437 e. The smallest absolute Gasteiger partial charge is 0.273 e. The van der Waals surface area contributed by atoms with Crippen LogP contribution in [0.15, 0.2) is 30.6 Å². The average Bonchev–Trinajstić information content (AvgIpc) is 2.42. The van der Waals surface area contributed by atoms with Crippen LogP contribution in [0.5, 0.6) is 11.6 Å². The van der Waals surface area contributed by atoms with Gasteiger partial charge in [0.15, 0.2) is 5.69 Å². The van der Waals surface area contributed by atoms with Gasteiger partial charge in [0.25, 0.3) is 5.69 Å². The Morgan fingerprint density at radius 3 is 2.74 bits per heavy atom. The molecule has 0 aliphatic heterocycles. The molecule has 94 valence electrons. The van der Waals surface area contributed by atoms with Crippen molar-refractivity contribution in [1.29, 1.82) is 5.26 Å². The van der Waals surface area contributed by atoms with Crippen LogP contribution in [0.1, 0.15) is 11.3 Å². The molecule has 1 heterocycles. The highest BCUT2D eigenvalue weighted by atomic mass is 16.6. The molecule has 0 spiro atoms. The number of nitrogens with zero attached hydrogens (tertiary/aromatic N) is 4. The first kappa shape index (κ1) is 12.4. The fourth-order valence-corrected chi connectivity index (χ4v) is 1.35. The molecule has 0 fully saturated rings. The Bertz CT molecular complexity index is 662. The molecule has 19 heavy (non-hydrogen) atoms. The number of non-ortho nitro benzene ring substituents is 1. The second-order valence-electron chi connectivity index (χ2n) is 3.66. The van der Waals surface area contributed by atoms with Gasteiger partial charge in [-0.15, -0.1) is 0 Å². The Balaban J connectivity index is 2.29. The second kappa shape index (κ2) is 5.10. The first-order valence-corrected chi connectivity index (χ1v) is 5.25. The van der Waals surface area contributed by atoms with Gasteiger partial charge in [-0.2, -0.15) is 5.26 Å². The van der Waals surface area contributed by atoms with Crippen LogP contribution in [0.2, 0.25) is 0 Å². The summed E-state index contributed by atoms with van der Waals surface area (Å²) in [5.41, 5.74) is 0.835. The molecule has 1 aromatic heterocycles. The van der Waals surface area contributed by atoms with Gasteiger partial charge in [-0.25, -0.2) is 9.97 Å². The summed E-state index contributed by atoms with van der Waals surface area (Å²) in [6, 6.07) is 6.13. The molecule has 0 N–H and O–H groups in total. The standard InChI is InChI=1S/C12H8N4O3/c1-8-2-3-10(16(17)18)4-11(8)19-12-7-14-9(5-13)6-15-12/h2-4,6-7H,1H3. The van der Waals surface area contributed by atoms with Crippen molar-refractivity contribution in [2.45, 2.75) is 6.92 Å². The van der Waals surface area contributed by atoms with Gasteiger partial charge in [-0.1, -0.05) is 0 Å². The van der Waals surface area contributed by atoms with E-state index in [1.54, 1.807) is 13.0 Å². The molecule has 0 radical (unpaired) electrons. The van der Waals surface area contributed by atoms with Crippen LogP contribution in [0.3, 0.4) is 0 Å². The zero-order valence-electron chi connectivity index (χ0n) is 9.90. The quantitative estimate of drug-likeness (QED) is 0.617. The van der Waals surface area contributed by atoms with Crippen LogP contribution in [-0.2, 0) is 0 Å².